The Morgan fingerprint density at radius 2 is 0.382 bits per heavy atom. The molecule has 0 bridgehead atoms. The zero-order valence-electron chi connectivity index (χ0n) is 52.0. The van der Waals surface area contributed by atoms with E-state index in [9.17, 15) is 0 Å². The third-order valence-corrected chi connectivity index (χ3v) is 23.6. The van der Waals surface area contributed by atoms with Crippen molar-refractivity contribution in [2.75, 3.05) is 26.4 Å². The number of hydrogen-bond donors (Lipinski definition) is 2. The predicted molar refractivity (Wildman–Crippen MR) is 356 cm³/mol. The maximum Gasteiger partial charge on any atom is 0.171 e. The van der Waals surface area contributed by atoms with Crippen molar-refractivity contribution in [2.24, 2.45) is 5.41 Å². The molecule has 8 aromatic carbocycles. The normalized spacial score (nSPS) is 37.0. The Bertz CT molecular complexity index is 2950. The summed E-state index contributed by atoms with van der Waals surface area (Å²) in [6, 6.07) is 91.4. The molecule has 7 spiro atoms. The number of rotatable bonds is 8. The molecule has 8 atom stereocenters. The van der Waals surface area contributed by atoms with E-state index < -0.39 is 17.0 Å². The van der Waals surface area contributed by atoms with E-state index in [0.29, 0.717) is 73.8 Å². The molecule has 0 amide bonds. The molecule has 8 aliphatic rings. The van der Waals surface area contributed by atoms with Crippen molar-refractivity contribution in [3.05, 3.63) is 287 Å². The molecule has 456 valence electrons. The molecular formula is C83H90N2O4. The van der Waals surface area contributed by atoms with Crippen molar-refractivity contribution in [3.8, 4) is 0 Å². The van der Waals surface area contributed by atoms with Gasteiger partial charge < -0.3 is 29.6 Å². The molecule has 8 aromatic rings. The molecule has 16 rings (SSSR count). The molecule has 6 heteroatoms. The highest BCUT2D eigenvalue weighted by Crippen LogP contribution is 2.62. The van der Waals surface area contributed by atoms with Crippen LogP contribution < -0.4 is 10.6 Å². The Hall–Kier alpha value is -6.48. The van der Waals surface area contributed by atoms with Crippen LogP contribution in [0.3, 0.4) is 0 Å². The number of benzene rings is 8. The second kappa shape index (κ2) is 23.6. The van der Waals surface area contributed by atoms with Gasteiger partial charge in [-0.05, 0) is 169 Å². The maximum atomic E-state index is 7.83. The van der Waals surface area contributed by atoms with Crippen LogP contribution in [-0.4, -0.2) is 60.2 Å². The zero-order chi connectivity index (χ0) is 59.4. The second-order valence-corrected chi connectivity index (χ2v) is 30.0. The summed E-state index contributed by atoms with van der Waals surface area (Å²) in [7, 11) is 0. The van der Waals surface area contributed by atoms with E-state index in [2.05, 4.69) is 243 Å². The van der Waals surface area contributed by atoms with Crippen LogP contribution in [0.4, 0.5) is 0 Å². The minimum Gasteiger partial charge on any atom is -0.349 e. The third-order valence-electron chi connectivity index (χ3n) is 23.6. The summed E-state index contributed by atoms with van der Waals surface area (Å²) < 4.78 is 31.3. The molecule has 8 fully saturated rings. The fourth-order valence-electron chi connectivity index (χ4n) is 20.3. The Kier molecular flexibility index (Phi) is 15.3. The lowest BCUT2D eigenvalue weighted by molar-refractivity contribution is -0.390. The van der Waals surface area contributed by atoms with E-state index in [4.69, 9.17) is 29.6 Å². The van der Waals surface area contributed by atoms with Gasteiger partial charge in [0, 0.05) is 47.8 Å². The van der Waals surface area contributed by atoms with Crippen molar-refractivity contribution < 1.29 is 18.9 Å². The highest BCUT2D eigenvalue weighted by Gasteiger charge is 2.65. The lowest BCUT2D eigenvalue weighted by Crippen LogP contribution is -2.74. The van der Waals surface area contributed by atoms with E-state index in [1.807, 2.05) is 0 Å². The van der Waals surface area contributed by atoms with Gasteiger partial charge in [-0.2, -0.15) is 0 Å². The van der Waals surface area contributed by atoms with E-state index in [1.165, 1.54) is 44.5 Å². The summed E-state index contributed by atoms with van der Waals surface area (Å²) in [4.78, 5) is 0. The van der Waals surface area contributed by atoms with Gasteiger partial charge in [-0.15, -0.1) is 0 Å². The van der Waals surface area contributed by atoms with Crippen LogP contribution in [0.25, 0.3) is 0 Å². The average Bonchev–Trinajstić information content (AvgIpc) is 1.53. The van der Waals surface area contributed by atoms with Crippen LogP contribution in [0.1, 0.15) is 195 Å². The first-order chi connectivity index (χ1) is 43.6. The zero-order valence-corrected chi connectivity index (χ0v) is 52.0. The Morgan fingerprint density at radius 1 is 0.225 bits per heavy atom. The predicted octanol–water partition coefficient (Wildman–Crippen LogP) is 18.2. The van der Waals surface area contributed by atoms with Crippen LogP contribution in [0, 0.1) is 5.41 Å². The fourth-order valence-corrected chi connectivity index (χ4v) is 20.3. The van der Waals surface area contributed by atoms with E-state index in [-0.39, 0.29) is 22.2 Å². The molecule has 0 aromatic heterocycles. The molecule has 2 N–H and O–H groups in total. The molecule has 4 saturated heterocycles. The first kappa shape index (κ1) is 57.7. The van der Waals surface area contributed by atoms with Crippen LogP contribution in [0.2, 0.25) is 0 Å². The van der Waals surface area contributed by atoms with Gasteiger partial charge >= 0.3 is 0 Å². The summed E-state index contributed by atoms with van der Waals surface area (Å²) >= 11 is 0. The van der Waals surface area contributed by atoms with Crippen LogP contribution in [-0.2, 0) is 18.9 Å². The first-order valence-corrected chi connectivity index (χ1v) is 34.2. The minimum atomic E-state index is -0.795. The lowest BCUT2D eigenvalue weighted by atomic mass is 9.57. The average molecular weight is 1180 g/mol. The molecule has 0 radical (unpaired) electrons. The summed E-state index contributed by atoms with van der Waals surface area (Å²) in [5, 5.41) is 9.52. The fraction of sp³-hybridized carbons (Fsp3) is 0.422. The van der Waals surface area contributed by atoms with Crippen molar-refractivity contribution in [1.29, 1.82) is 0 Å². The largest absolute Gasteiger partial charge is 0.349 e. The Morgan fingerprint density at radius 3 is 0.539 bits per heavy atom. The number of nitrogens with one attached hydrogen (secondary N) is 2. The number of hydrogen-bond acceptors (Lipinski definition) is 6. The maximum absolute atomic E-state index is 7.83. The van der Waals surface area contributed by atoms with E-state index in [0.717, 1.165) is 103 Å². The van der Waals surface area contributed by atoms with Gasteiger partial charge in [0.25, 0.3) is 0 Å². The molecule has 4 aliphatic carbocycles. The third kappa shape index (κ3) is 11.7. The van der Waals surface area contributed by atoms with Crippen molar-refractivity contribution >= 4 is 0 Å². The van der Waals surface area contributed by atoms with Gasteiger partial charge in [-0.1, -0.05) is 243 Å². The SMILES string of the molecule is c1ccc(C2CC(c3ccccc3)CC3(C2)CC2(CC4(CC(c5ccccc5)CC(c5ccccc5)C4)N3)OCC3(CO2)COC2(CC4(CC(c5ccccc5)CC(c5ccccc5)C4)NC4(CC(c5ccccc5)CC(c5ccccc5)C4)C2)OC3)cc1. The molecular weight excluding hydrogens is 1090 g/mol. The summed E-state index contributed by atoms with van der Waals surface area (Å²) in [6.07, 6.45) is 16.0. The van der Waals surface area contributed by atoms with Gasteiger partial charge in [-0.25, -0.2) is 0 Å². The summed E-state index contributed by atoms with van der Waals surface area (Å²) in [6.45, 7) is 2.15. The van der Waals surface area contributed by atoms with Crippen LogP contribution in [0.5, 0.6) is 0 Å². The first-order valence-electron chi connectivity index (χ1n) is 34.2. The van der Waals surface area contributed by atoms with E-state index in [1.54, 1.807) is 0 Å². The number of ether oxygens (including phenoxy) is 4. The Balaban J connectivity index is 0.749. The minimum absolute atomic E-state index is 0.256. The monoisotopic (exact) mass is 1180 g/mol. The van der Waals surface area contributed by atoms with Crippen molar-refractivity contribution in [3.63, 3.8) is 0 Å². The number of piperidine rings is 2. The van der Waals surface area contributed by atoms with Gasteiger partial charge in [0.1, 0.15) is 0 Å². The summed E-state index contributed by atoms with van der Waals surface area (Å²) in [5.74, 6) is 1.42. The summed E-state index contributed by atoms with van der Waals surface area (Å²) in [5.41, 5.74) is 10.0. The van der Waals surface area contributed by atoms with E-state index >= 15 is 0 Å². The molecule has 4 heterocycles. The van der Waals surface area contributed by atoms with Gasteiger partial charge in [0.15, 0.2) is 11.6 Å². The van der Waals surface area contributed by atoms with Crippen LogP contribution in [0.15, 0.2) is 243 Å². The molecule has 4 saturated carbocycles. The Labute approximate surface area is 529 Å². The molecule has 6 nitrogen and oxygen atoms in total. The van der Waals surface area contributed by atoms with Crippen molar-refractivity contribution in [2.45, 2.75) is 184 Å². The topological polar surface area (TPSA) is 61.0 Å². The lowest BCUT2D eigenvalue weighted by Gasteiger charge is -2.65. The smallest absolute Gasteiger partial charge is 0.171 e. The molecule has 8 unspecified atom stereocenters. The second-order valence-electron chi connectivity index (χ2n) is 30.0. The highest BCUT2D eigenvalue weighted by molar-refractivity contribution is 5.36. The standard InChI is InChI=1S/C83H90N2O4/c1-9-25-61(26-10-1)69-41-70(62-27-11-2-12-28-62)46-78(45-69)53-82(54-79(84-78)47-71(63-29-13-3-14-30-63)42-72(48-79)64-31-15-4-16-32-64)86-57-77(58-87-82)59-88-83(89-60-77)55-80(49-73(65-33-17-5-18-34-65)43-74(50-80)66-35-19-6-20-36-66)85-81(56-83)51-75(67-37-21-7-22-38-67)44-76(52-81)68-39-23-8-24-40-68/h1-40,69-76,84-85H,41-60H2. The highest BCUT2D eigenvalue weighted by atomic mass is 16.7. The van der Waals surface area contributed by atoms with Crippen molar-refractivity contribution in [1.82, 2.24) is 10.6 Å². The molecule has 4 aliphatic heterocycles. The molecule has 89 heavy (non-hydrogen) atoms. The van der Waals surface area contributed by atoms with Crippen LogP contribution >= 0.6 is 0 Å². The van der Waals surface area contributed by atoms with Gasteiger partial charge in [0.2, 0.25) is 0 Å². The quantitative estimate of drug-likeness (QED) is 0.158. The van der Waals surface area contributed by atoms with Gasteiger partial charge in [0.05, 0.1) is 31.8 Å². The van der Waals surface area contributed by atoms with Gasteiger partial charge in [-0.3, -0.25) is 0 Å².